The summed E-state index contributed by atoms with van der Waals surface area (Å²) in [7, 11) is 4.08. The molecule has 3 nitrogen and oxygen atoms in total. The number of hydrogen-bond acceptors (Lipinski definition) is 2. The number of anilines is 1. The Hall–Kier alpha value is -0.130. The SMILES string of the molecule is Br.CN(C)c1cc[n+](CCCN)cc1.[Br-]. The molecule has 0 aliphatic heterocycles. The van der Waals surface area contributed by atoms with E-state index in [1.54, 1.807) is 0 Å². The second-order valence-electron chi connectivity index (χ2n) is 3.33. The Labute approximate surface area is 113 Å². The zero-order chi connectivity index (χ0) is 9.68. The summed E-state index contributed by atoms with van der Waals surface area (Å²) in [5, 5.41) is 0. The molecular formula is C10H19Br2N3. The van der Waals surface area contributed by atoms with Gasteiger partial charge in [0.2, 0.25) is 0 Å². The van der Waals surface area contributed by atoms with E-state index in [0.717, 1.165) is 19.5 Å². The number of aryl methyl sites for hydroxylation is 1. The van der Waals surface area contributed by atoms with Crippen molar-refractivity contribution in [2.75, 3.05) is 25.5 Å². The Morgan fingerprint density at radius 3 is 2.20 bits per heavy atom. The fourth-order valence-electron chi connectivity index (χ4n) is 1.17. The van der Waals surface area contributed by atoms with Gasteiger partial charge in [-0.15, -0.1) is 17.0 Å². The van der Waals surface area contributed by atoms with Gasteiger partial charge in [0.05, 0.1) is 0 Å². The fraction of sp³-hybridized carbons (Fsp3) is 0.500. The van der Waals surface area contributed by atoms with Crippen LogP contribution in [0.25, 0.3) is 0 Å². The summed E-state index contributed by atoms with van der Waals surface area (Å²) >= 11 is 0. The summed E-state index contributed by atoms with van der Waals surface area (Å²) < 4.78 is 2.15. The maximum atomic E-state index is 5.43. The minimum absolute atomic E-state index is 0. The monoisotopic (exact) mass is 339 g/mol. The van der Waals surface area contributed by atoms with Crippen molar-refractivity contribution in [1.82, 2.24) is 0 Å². The topological polar surface area (TPSA) is 33.1 Å². The predicted molar refractivity (Wildman–Crippen MR) is 65.0 cm³/mol. The number of rotatable bonds is 4. The van der Waals surface area contributed by atoms with Crippen molar-refractivity contribution in [3.05, 3.63) is 24.5 Å². The van der Waals surface area contributed by atoms with E-state index in [1.807, 2.05) is 14.1 Å². The average molecular weight is 341 g/mol. The summed E-state index contributed by atoms with van der Waals surface area (Å²) in [6, 6.07) is 4.22. The zero-order valence-electron chi connectivity index (χ0n) is 9.19. The van der Waals surface area contributed by atoms with Gasteiger partial charge in [0.25, 0.3) is 0 Å². The molecule has 88 valence electrons. The molecular weight excluding hydrogens is 322 g/mol. The highest BCUT2D eigenvalue weighted by Crippen LogP contribution is 2.05. The molecule has 0 atom stereocenters. The highest BCUT2D eigenvalue weighted by atomic mass is 79.9. The molecule has 0 aliphatic rings. The molecule has 0 spiro atoms. The van der Waals surface area contributed by atoms with Crippen LogP contribution in [0.4, 0.5) is 5.69 Å². The maximum Gasteiger partial charge on any atom is 0.170 e. The second-order valence-corrected chi connectivity index (χ2v) is 3.33. The minimum atomic E-state index is 0. The first-order valence-electron chi connectivity index (χ1n) is 4.60. The molecule has 0 aliphatic carbocycles. The Morgan fingerprint density at radius 2 is 1.80 bits per heavy atom. The van der Waals surface area contributed by atoms with Crippen LogP contribution in [-0.2, 0) is 6.54 Å². The lowest BCUT2D eigenvalue weighted by Crippen LogP contribution is -3.00. The highest BCUT2D eigenvalue weighted by Gasteiger charge is 2.00. The Bertz CT molecular complexity index is 249. The van der Waals surface area contributed by atoms with Gasteiger partial charge in [-0.2, -0.15) is 0 Å². The molecule has 0 fully saturated rings. The van der Waals surface area contributed by atoms with Crippen molar-refractivity contribution in [3.8, 4) is 0 Å². The van der Waals surface area contributed by atoms with E-state index in [-0.39, 0.29) is 34.0 Å². The Balaban J connectivity index is 0. The van der Waals surface area contributed by atoms with Gasteiger partial charge in [0.15, 0.2) is 12.4 Å². The van der Waals surface area contributed by atoms with Crippen molar-refractivity contribution in [2.24, 2.45) is 5.73 Å². The number of nitrogens with zero attached hydrogens (tertiary/aromatic N) is 2. The Kier molecular flexibility index (Phi) is 10.5. The molecule has 5 heteroatoms. The van der Waals surface area contributed by atoms with Crippen molar-refractivity contribution >= 4 is 22.7 Å². The molecule has 0 amide bonds. The summed E-state index contributed by atoms with van der Waals surface area (Å²) in [6.07, 6.45) is 5.21. The van der Waals surface area contributed by atoms with Crippen LogP contribution in [0.5, 0.6) is 0 Å². The molecule has 1 rings (SSSR count). The average Bonchev–Trinajstić information content (AvgIpc) is 2.15. The third-order valence-electron chi connectivity index (χ3n) is 2.01. The van der Waals surface area contributed by atoms with Crippen LogP contribution >= 0.6 is 17.0 Å². The molecule has 0 radical (unpaired) electrons. The third kappa shape index (κ3) is 6.12. The molecule has 0 saturated carbocycles. The van der Waals surface area contributed by atoms with Crippen LogP contribution in [0.15, 0.2) is 24.5 Å². The van der Waals surface area contributed by atoms with Crippen molar-refractivity contribution < 1.29 is 21.5 Å². The number of pyridine rings is 1. The number of aromatic nitrogens is 1. The first-order valence-corrected chi connectivity index (χ1v) is 4.60. The van der Waals surface area contributed by atoms with Gasteiger partial charge in [-0.3, -0.25) is 0 Å². The molecule has 1 aromatic rings. The smallest absolute Gasteiger partial charge is 0.170 e. The molecule has 0 saturated heterocycles. The van der Waals surface area contributed by atoms with Crippen molar-refractivity contribution in [2.45, 2.75) is 13.0 Å². The molecule has 15 heavy (non-hydrogen) atoms. The van der Waals surface area contributed by atoms with E-state index in [0.29, 0.717) is 0 Å². The lowest BCUT2D eigenvalue weighted by molar-refractivity contribution is -0.697. The van der Waals surface area contributed by atoms with E-state index < -0.39 is 0 Å². The van der Waals surface area contributed by atoms with Crippen LogP contribution in [-0.4, -0.2) is 20.6 Å². The van der Waals surface area contributed by atoms with Gasteiger partial charge in [0.1, 0.15) is 6.54 Å². The first kappa shape index (κ1) is 17.3. The molecule has 0 aromatic carbocycles. The van der Waals surface area contributed by atoms with Crippen molar-refractivity contribution in [3.63, 3.8) is 0 Å². The van der Waals surface area contributed by atoms with Crippen LogP contribution in [0, 0.1) is 0 Å². The lowest BCUT2D eigenvalue weighted by atomic mass is 10.3. The molecule has 1 aromatic heterocycles. The molecule has 0 unspecified atom stereocenters. The predicted octanol–water partition coefficient (Wildman–Crippen LogP) is -2.03. The van der Waals surface area contributed by atoms with E-state index in [1.165, 1.54) is 5.69 Å². The minimum Gasteiger partial charge on any atom is -1.00 e. The molecule has 0 bridgehead atoms. The fourth-order valence-corrected chi connectivity index (χ4v) is 1.17. The van der Waals surface area contributed by atoms with Gasteiger partial charge in [-0.1, -0.05) is 0 Å². The van der Waals surface area contributed by atoms with Crippen molar-refractivity contribution in [1.29, 1.82) is 0 Å². The number of nitrogens with two attached hydrogens (primary N) is 1. The normalized spacial score (nSPS) is 8.73. The van der Waals surface area contributed by atoms with Gasteiger partial charge >= 0.3 is 0 Å². The Morgan fingerprint density at radius 1 is 1.27 bits per heavy atom. The van der Waals surface area contributed by atoms with Gasteiger partial charge in [-0.05, 0) is 6.54 Å². The number of hydrogen-bond donors (Lipinski definition) is 1. The standard InChI is InChI=1S/C10H18N3.2BrH/c1-12(2)10-4-8-13(9-5-10)7-3-6-11;;/h4-5,8-9H,3,6-7,11H2,1-2H3;2*1H/q+1;;/p-1. The van der Waals surface area contributed by atoms with Gasteiger partial charge in [-0.25, -0.2) is 4.57 Å². The number of halogens is 2. The van der Waals surface area contributed by atoms with E-state index >= 15 is 0 Å². The first-order chi connectivity index (χ1) is 6.24. The van der Waals surface area contributed by atoms with E-state index in [2.05, 4.69) is 34.0 Å². The van der Waals surface area contributed by atoms with Crippen LogP contribution < -0.4 is 32.2 Å². The van der Waals surface area contributed by atoms with Gasteiger partial charge < -0.3 is 27.6 Å². The summed E-state index contributed by atoms with van der Waals surface area (Å²) in [5.74, 6) is 0. The summed E-state index contributed by atoms with van der Waals surface area (Å²) in [5.41, 5.74) is 6.66. The summed E-state index contributed by atoms with van der Waals surface area (Å²) in [6.45, 7) is 1.76. The maximum absolute atomic E-state index is 5.43. The molecule has 2 N–H and O–H groups in total. The largest absolute Gasteiger partial charge is 1.00 e. The zero-order valence-corrected chi connectivity index (χ0v) is 12.5. The highest BCUT2D eigenvalue weighted by molar-refractivity contribution is 8.93. The van der Waals surface area contributed by atoms with Gasteiger partial charge in [0, 0.05) is 38.3 Å². The van der Waals surface area contributed by atoms with Crippen LogP contribution in [0.1, 0.15) is 6.42 Å². The van der Waals surface area contributed by atoms with E-state index in [9.17, 15) is 0 Å². The van der Waals surface area contributed by atoms with Crippen LogP contribution in [0.2, 0.25) is 0 Å². The summed E-state index contributed by atoms with van der Waals surface area (Å²) in [4.78, 5) is 2.09. The quantitative estimate of drug-likeness (QED) is 0.641. The third-order valence-corrected chi connectivity index (χ3v) is 2.01. The molecule has 1 heterocycles. The second kappa shape index (κ2) is 9.12. The lowest BCUT2D eigenvalue weighted by Gasteiger charge is -2.10. The van der Waals surface area contributed by atoms with Crippen LogP contribution in [0.3, 0.4) is 0 Å². The van der Waals surface area contributed by atoms with E-state index in [4.69, 9.17) is 5.73 Å².